The van der Waals surface area contributed by atoms with E-state index < -0.39 is 8.07 Å². The zero-order valence-electron chi connectivity index (χ0n) is 38.3. The molecule has 0 spiro atoms. The van der Waals surface area contributed by atoms with Crippen LogP contribution >= 0.6 is 0 Å². The zero-order chi connectivity index (χ0) is 46.2. The molecule has 0 N–H and O–H groups in total. The Balaban J connectivity index is 1.05. The van der Waals surface area contributed by atoms with E-state index in [0.717, 1.165) is 22.6 Å². The van der Waals surface area contributed by atoms with Gasteiger partial charge in [0.15, 0.2) is 8.07 Å². The summed E-state index contributed by atoms with van der Waals surface area (Å²) >= 11 is 0. The van der Waals surface area contributed by atoms with Gasteiger partial charge >= 0.3 is 0 Å². The van der Waals surface area contributed by atoms with Crippen LogP contribution in [-0.2, 0) is 0 Å². The smallest absolute Gasteiger partial charge is 0.179 e. The first-order valence-corrected chi connectivity index (χ1v) is 26.2. The normalized spacial score (nSPS) is 12.0. The molecular weight excluding hydrogens is 863 g/mol. The van der Waals surface area contributed by atoms with Gasteiger partial charge in [-0.2, -0.15) is 0 Å². The summed E-state index contributed by atoms with van der Waals surface area (Å²) in [4.78, 5) is 0. The topological polar surface area (TPSA) is 14.8 Å². The van der Waals surface area contributed by atoms with E-state index >= 15 is 0 Å². The third-order valence-electron chi connectivity index (χ3n) is 14.8. The lowest BCUT2D eigenvalue weighted by Gasteiger charge is -2.34. The number of hydrogen-bond acceptors (Lipinski definition) is 0. The van der Waals surface area contributed by atoms with Crippen LogP contribution in [-0.4, -0.2) is 21.8 Å². The average Bonchev–Trinajstić information content (AvgIpc) is 4.08. The molecule has 3 heterocycles. The number of benzene rings is 11. The highest BCUT2D eigenvalue weighted by Gasteiger charge is 2.41. The Morgan fingerprint density at radius 2 is 0.686 bits per heavy atom. The van der Waals surface area contributed by atoms with E-state index in [-0.39, 0.29) is 0 Å². The molecular formula is C66H45N3Si. The molecule has 0 aliphatic carbocycles. The molecule has 0 aliphatic rings. The first-order valence-electron chi connectivity index (χ1n) is 24.2. The molecule has 70 heavy (non-hydrogen) atoms. The van der Waals surface area contributed by atoms with Crippen LogP contribution < -0.4 is 20.7 Å². The van der Waals surface area contributed by atoms with E-state index in [1.165, 1.54) is 91.8 Å². The fourth-order valence-corrected chi connectivity index (χ4v) is 16.6. The summed E-state index contributed by atoms with van der Waals surface area (Å²) < 4.78 is 7.48. The SMILES string of the molecule is c1ccc(-c2cccc(-n3c4cc(-n5c6ccccc6c6cc([Si](c7ccccc7)(c7ccccc7)c7ccccc7)ccc65)ccc4c4cccc(-n5c6ccccc6c6ccccc65)c43)c2)cc1. The molecule has 14 rings (SSSR count). The fourth-order valence-electron chi connectivity index (χ4n) is 11.8. The molecule has 0 bridgehead atoms. The van der Waals surface area contributed by atoms with Gasteiger partial charge in [0.25, 0.3) is 0 Å². The Kier molecular flexibility index (Phi) is 9.23. The Morgan fingerprint density at radius 3 is 1.30 bits per heavy atom. The molecule has 0 unspecified atom stereocenters. The van der Waals surface area contributed by atoms with E-state index in [1.54, 1.807) is 0 Å². The lowest BCUT2D eigenvalue weighted by atomic mass is 10.1. The molecule has 11 aromatic carbocycles. The van der Waals surface area contributed by atoms with Crippen LogP contribution in [0.5, 0.6) is 0 Å². The third-order valence-corrected chi connectivity index (χ3v) is 19.5. The van der Waals surface area contributed by atoms with Gasteiger partial charge in [-0.15, -0.1) is 0 Å². The van der Waals surface area contributed by atoms with E-state index in [1.807, 2.05) is 0 Å². The molecule has 0 aliphatic heterocycles. The van der Waals surface area contributed by atoms with Crippen molar-refractivity contribution in [2.75, 3.05) is 0 Å². The molecule has 3 aromatic heterocycles. The average molecular weight is 908 g/mol. The van der Waals surface area contributed by atoms with Gasteiger partial charge in [0, 0.05) is 43.7 Å². The molecule has 3 nitrogen and oxygen atoms in total. The van der Waals surface area contributed by atoms with E-state index in [2.05, 4.69) is 287 Å². The Labute approximate surface area is 407 Å². The van der Waals surface area contributed by atoms with E-state index in [0.29, 0.717) is 0 Å². The lowest BCUT2D eigenvalue weighted by molar-refractivity contribution is 1.12. The van der Waals surface area contributed by atoms with Crippen molar-refractivity contribution in [1.29, 1.82) is 0 Å². The molecule has 0 amide bonds. The second-order valence-corrected chi connectivity index (χ2v) is 22.2. The molecule has 0 atom stereocenters. The van der Waals surface area contributed by atoms with Gasteiger partial charge in [0.2, 0.25) is 0 Å². The van der Waals surface area contributed by atoms with Crippen molar-refractivity contribution in [2.24, 2.45) is 0 Å². The number of aromatic nitrogens is 3. The van der Waals surface area contributed by atoms with Crippen molar-refractivity contribution in [3.8, 4) is 28.2 Å². The largest absolute Gasteiger partial charge is 0.309 e. The maximum Gasteiger partial charge on any atom is 0.179 e. The van der Waals surface area contributed by atoms with Crippen LogP contribution in [0.1, 0.15) is 0 Å². The van der Waals surface area contributed by atoms with Gasteiger partial charge in [0.05, 0.1) is 38.8 Å². The summed E-state index contributed by atoms with van der Waals surface area (Å²) in [6.07, 6.45) is 0. The quantitative estimate of drug-likeness (QED) is 0.107. The molecule has 0 saturated heterocycles. The fraction of sp³-hybridized carbons (Fsp3) is 0. The maximum atomic E-state index is 2.52. The van der Waals surface area contributed by atoms with Gasteiger partial charge in [-0.25, -0.2) is 0 Å². The highest BCUT2D eigenvalue weighted by atomic mass is 28.3. The molecule has 0 fully saturated rings. The van der Waals surface area contributed by atoms with E-state index in [9.17, 15) is 0 Å². The Bertz CT molecular complexity index is 4130. The van der Waals surface area contributed by atoms with Crippen molar-refractivity contribution in [1.82, 2.24) is 13.7 Å². The Morgan fingerprint density at radius 1 is 0.229 bits per heavy atom. The lowest BCUT2D eigenvalue weighted by Crippen LogP contribution is -2.74. The highest BCUT2D eigenvalue weighted by Crippen LogP contribution is 2.42. The van der Waals surface area contributed by atoms with E-state index in [4.69, 9.17) is 0 Å². The van der Waals surface area contributed by atoms with Gasteiger partial charge in [-0.05, 0) is 86.5 Å². The molecule has 328 valence electrons. The maximum absolute atomic E-state index is 2.78. The van der Waals surface area contributed by atoms with Crippen molar-refractivity contribution in [2.45, 2.75) is 0 Å². The van der Waals surface area contributed by atoms with Crippen molar-refractivity contribution >= 4 is 94.2 Å². The summed E-state index contributed by atoms with van der Waals surface area (Å²) in [6, 6.07) is 101. The second-order valence-electron chi connectivity index (χ2n) is 18.4. The third kappa shape index (κ3) is 6.00. The zero-order valence-corrected chi connectivity index (χ0v) is 39.3. The standard InChI is InChI=1S/C66H45N3Si/c1-5-21-46(22-6-1)47-23-19-24-48(43-47)68-65-44-49(39-41-57(65)58-34-20-38-64(66(58)68)69-61-36-17-13-31-54(61)55-32-14-18-37-62(55)69)67-60-35-16-15-33-56(60)59-45-53(40-42-63(59)67)70(50-25-7-2-8-26-50,51-27-9-3-10-28-51)52-29-11-4-12-30-52/h1-45H. The highest BCUT2D eigenvalue weighted by molar-refractivity contribution is 7.20. The molecule has 0 radical (unpaired) electrons. The number of nitrogens with zero attached hydrogens (tertiary/aromatic N) is 3. The first kappa shape index (κ1) is 40.1. The van der Waals surface area contributed by atoms with Gasteiger partial charge in [-0.1, -0.05) is 218 Å². The van der Waals surface area contributed by atoms with Crippen LogP contribution in [0.2, 0.25) is 0 Å². The Hall–Kier alpha value is -8.96. The van der Waals surface area contributed by atoms with Crippen LogP contribution in [0.3, 0.4) is 0 Å². The van der Waals surface area contributed by atoms with Crippen LogP contribution in [0.15, 0.2) is 273 Å². The molecule has 14 aromatic rings. The van der Waals surface area contributed by atoms with Crippen LogP contribution in [0.25, 0.3) is 93.6 Å². The number of hydrogen-bond donors (Lipinski definition) is 0. The summed E-state index contributed by atoms with van der Waals surface area (Å²) in [5.41, 5.74) is 12.8. The predicted molar refractivity (Wildman–Crippen MR) is 299 cm³/mol. The summed E-state index contributed by atoms with van der Waals surface area (Å²) in [5.74, 6) is 0. The number of fused-ring (bicyclic) bond motifs is 9. The van der Waals surface area contributed by atoms with Crippen LogP contribution in [0, 0.1) is 0 Å². The monoisotopic (exact) mass is 907 g/mol. The van der Waals surface area contributed by atoms with Gasteiger partial charge < -0.3 is 13.7 Å². The number of para-hydroxylation sites is 4. The van der Waals surface area contributed by atoms with Crippen LogP contribution in [0.4, 0.5) is 0 Å². The first-order chi connectivity index (χ1) is 34.8. The number of rotatable bonds is 8. The summed E-state index contributed by atoms with van der Waals surface area (Å²) in [7, 11) is -2.78. The van der Waals surface area contributed by atoms with Crippen molar-refractivity contribution < 1.29 is 0 Å². The minimum Gasteiger partial charge on any atom is -0.309 e. The second kappa shape index (κ2) is 16.1. The van der Waals surface area contributed by atoms with Gasteiger partial charge in [0.1, 0.15) is 0 Å². The summed E-state index contributed by atoms with van der Waals surface area (Å²) in [5, 5.41) is 12.9. The molecule has 4 heteroatoms. The van der Waals surface area contributed by atoms with Gasteiger partial charge in [-0.3, -0.25) is 0 Å². The molecule has 0 saturated carbocycles. The minimum atomic E-state index is -2.78. The van der Waals surface area contributed by atoms with Crippen molar-refractivity contribution in [3.05, 3.63) is 273 Å². The minimum absolute atomic E-state index is 1.11. The predicted octanol–water partition coefficient (Wildman–Crippen LogP) is 14.0. The summed E-state index contributed by atoms with van der Waals surface area (Å²) in [6.45, 7) is 0. The van der Waals surface area contributed by atoms with Crippen molar-refractivity contribution in [3.63, 3.8) is 0 Å².